The zero-order valence-corrected chi connectivity index (χ0v) is 13.9. The van der Waals surface area contributed by atoms with Crippen molar-refractivity contribution in [2.75, 3.05) is 25.4 Å². The second-order valence-corrected chi connectivity index (χ2v) is 6.71. The summed E-state index contributed by atoms with van der Waals surface area (Å²) in [5, 5.41) is 0.615. The first kappa shape index (κ1) is 16.0. The summed E-state index contributed by atoms with van der Waals surface area (Å²) in [5.74, 6) is 0.439. The lowest BCUT2D eigenvalue weighted by Gasteiger charge is -2.37. The van der Waals surface area contributed by atoms with Crippen LogP contribution in [0.5, 0.6) is 0 Å². The molecule has 2 amide bonds. The highest BCUT2D eigenvalue weighted by atomic mass is 32.2. The van der Waals surface area contributed by atoms with Crippen LogP contribution in [0.3, 0.4) is 0 Å². The standard InChI is InChI=1S/C15H20N4O3S/c1-11-9-22-15(21)19(11)12-3-7-18(8-4-12)13(20)10-23-14-16-5-2-6-17-14/h2,5-6,11-12H,3-4,7-10H2,1H3. The average Bonchev–Trinajstić information content (AvgIpc) is 2.92. The number of cyclic esters (lactones) is 1. The molecular weight excluding hydrogens is 316 g/mol. The Morgan fingerprint density at radius 2 is 2.04 bits per heavy atom. The van der Waals surface area contributed by atoms with Crippen molar-refractivity contribution in [1.29, 1.82) is 0 Å². The summed E-state index contributed by atoms with van der Waals surface area (Å²) in [5.41, 5.74) is 0. The Morgan fingerprint density at radius 1 is 1.35 bits per heavy atom. The predicted molar refractivity (Wildman–Crippen MR) is 85.0 cm³/mol. The lowest BCUT2D eigenvalue weighted by Crippen LogP contribution is -2.49. The molecule has 2 aliphatic heterocycles. The largest absolute Gasteiger partial charge is 0.447 e. The zero-order valence-electron chi connectivity index (χ0n) is 13.1. The highest BCUT2D eigenvalue weighted by molar-refractivity contribution is 7.99. The van der Waals surface area contributed by atoms with E-state index in [2.05, 4.69) is 9.97 Å². The molecule has 0 radical (unpaired) electrons. The van der Waals surface area contributed by atoms with Gasteiger partial charge in [-0.1, -0.05) is 11.8 Å². The van der Waals surface area contributed by atoms with Gasteiger partial charge < -0.3 is 9.64 Å². The van der Waals surface area contributed by atoms with E-state index < -0.39 is 0 Å². The predicted octanol–water partition coefficient (Wildman–Crippen LogP) is 1.40. The lowest BCUT2D eigenvalue weighted by atomic mass is 10.0. The Hall–Kier alpha value is -1.83. The first-order valence-electron chi connectivity index (χ1n) is 7.78. The topological polar surface area (TPSA) is 75.6 Å². The molecule has 3 rings (SSSR count). The van der Waals surface area contributed by atoms with Crippen molar-refractivity contribution in [3.8, 4) is 0 Å². The van der Waals surface area contributed by atoms with Gasteiger partial charge in [-0.05, 0) is 25.8 Å². The molecule has 0 aromatic carbocycles. The van der Waals surface area contributed by atoms with E-state index in [0.29, 0.717) is 30.6 Å². The Morgan fingerprint density at radius 3 is 2.65 bits per heavy atom. The molecule has 1 aromatic rings. The Bertz CT molecular complexity index is 563. The van der Waals surface area contributed by atoms with Gasteiger partial charge in [0.2, 0.25) is 5.91 Å². The van der Waals surface area contributed by atoms with Gasteiger partial charge in [-0.2, -0.15) is 0 Å². The molecule has 0 saturated carbocycles. The van der Waals surface area contributed by atoms with E-state index in [1.807, 2.05) is 16.7 Å². The fourth-order valence-corrected chi connectivity index (χ4v) is 3.71. The molecule has 3 heterocycles. The number of hydrogen-bond donors (Lipinski definition) is 0. The van der Waals surface area contributed by atoms with Gasteiger partial charge in [0, 0.05) is 31.5 Å². The number of ether oxygens (including phenoxy) is 1. The van der Waals surface area contributed by atoms with Gasteiger partial charge in [0.25, 0.3) is 0 Å². The van der Waals surface area contributed by atoms with E-state index >= 15 is 0 Å². The number of thioether (sulfide) groups is 1. The van der Waals surface area contributed by atoms with Crippen LogP contribution in [0.1, 0.15) is 19.8 Å². The Balaban J connectivity index is 1.47. The molecule has 2 fully saturated rings. The first-order valence-corrected chi connectivity index (χ1v) is 8.76. The number of carbonyl (C=O) groups excluding carboxylic acids is 2. The number of nitrogens with zero attached hydrogens (tertiary/aromatic N) is 4. The number of rotatable bonds is 4. The Kier molecular flexibility index (Phi) is 5.00. The monoisotopic (exact) mass is 336 g/mol. The van der Waals surface area contributed by atoms with E-state index in [9.17, 15) is 9.59 Å². The van der Waals surface area contributed by atoms with Gasteiger partial charge in [-0.3, -0.25) is 9.69 Å². The third kappa shape index (κ3) is 3.74. The number of piperidine rings is 1. The Labute approximate surface area is 139 Å². The second-order valence-electron chi connectivity index (χ2n) is 5.77. The summed E-state index contributed by atoms with van der Waals surface area (Å²) in [6.45, 7) is 3.82. The van der Waals surface area contributed by atoms with Crippen molar-refractivity contribution in [2.24, 2.45) is 0 Å². The number of hydrogen-bond acceptors (Lipinski definition) is 6. The second kappa shape index (κ2) is 7.16. The van der Waals surface area contributed by atoms with Crippen LogP contribution in [0, 0.1) is 0 Å². The van der Waals surface area contributed by atoms with E-state index in [4.69, 9.17) is 4.74 Å². The van der Waals surface area contributed by atoms with Crippen molar-refractivity contribution in [2.45, 2.75) is 37.0 Å². The van der Waals surface area contributed by atoms with Gasteiger partial charge in [0.15, 0.2) is 5.16 Å². The summed E-state index contributed by atoms with van der Waals surface area (Å²) in [4.78, 5) is 35.9. The molecule has 0 aliphatic carbocycles. The highest BCUT2D eigenvalue weighted by Gasteiger charge is 2.37. The molecule has 1 aromatic heterocycles. The van der Waals surface area contributed by atoms with Gasteiger partial charge in [0.05, 0.1) is 11.8 Å². The van der Waals surface area contributed by atoms with Gasteiger partial charge in [-0.25, -0.2) is 14.8 Å². The summed E-state index contributed by atoms with van der Waals surface area (Å²) in [6.07, 6.45) is 4.72. The van der Waals surface area contributed by atoms with Gasteiger partial charge in [-0.15, -0.1) is 0 Å². The smallest absolute Gasteiger partial charge is 0.410 e. The van der Waals surface area contributed by atoms with Crippen molar-refractivity contribution >= 4 is 23.8 Å². The van der Waals surface area contributed by atoms with Crippen LogP contribution >= 0.6 is 11.8 Å². The van der Waals surface area contributed by atoms with Crippen LogP contribution in [0.4, 0.5) is 4.79 Å². The number of amides is 2. The quantitative estimate of drug-likeness (QED) is 0.611. The minimum absolute atomic E-state index is 0.0953. The summed E-state index contributed by atoms with van der Waals surface area (Å²) < 4.78 is 5.08. The molecule has 0 spiro atoms. The van der Waals surface area contributed by atoms with Crippen molar-refractivity contribution < 1.29 is 14.3 Å². The molecule has 1 unspecified atom stereocenters. The summed E-state index contributed by atoms with van der Waals surface area (Å²) in [6, 6.07) is 2.05. The van der Waals surface area contributed by atoms with Crippen molar-refractivity contribution in [3.63, 3.8) is 0 Å². The van der Waals surface area contributed by atoms with Crippen LogP contribution in [-0.2, 0) is 9.53 Å². The fourth-order valence-electron chi connectivity index (χ4n) is 3.01. The normalized spacial score (nSPS) is 22.3. The summed E-state index contributed by atoms with van der Waals surface area (Å²) >= 11 is 1.35. The van der Waals surface area contributed by atoms with Crippen molar-refractivity contribution in [3.05, 3.63) is 18.5 Å². The van der Waals surface area contributed by atoms with E-state index in [-0.39, 0.29) is 24.1 Å². The molecule has 2 saturated heterocycles. The molecule has 7 nitrogen and oxygen atoms in total. The van der Waals surface area contributed by atoms with Crippen LogP contribution in [0.15, 0.2) is 23.6 Å². The highest BCUT2D eigenvalue weighted by Crippen LogP contribution is 2.24. The minimum atomic E-state index is -0.223. The first-order chi connectivity index (χ1) is 11.1. The van der Waals surface area contributed by atoms with Crippen LogP contribution < -0.4 is 0 Å². The lowest BCUT2D eigenvalue weighted by molar-refractivity contribution is -0.129. The minimum Gasteiger partial charge on any atom is -0.447 e. The number of aromatic nitrogens is 2. The van der Waals surface area contributed by atoms with Crippen LogP contribution in [0.2, 0.25) is 0 Å². The molecule has 0 N–H and O–H groups in total. The maximum absolute atomic E-state index is 12.3. The number of likely N-dealkylation sites (tertiary alicyclic amines) is 1. The molecule has 23 heavy (non-hydrogen) atoms. The summed E-state index contributed by atoms with van der Waals surface area (Å²) in [7, 11) is 0. The van der Waals surface area contributed by atoms with E-state index in [1.54, 1.807) is 18.5 Å². The maximum atomic E-state index is 12.3. The molecule has 124 valence electrons. The van der Waals surface area contributed by atoms with Crippen LogP contribution in [-0.4, -0.2) is 69.3 Å². The molecular formula is C15H20N4O3S. The molecule has 1 atom stereocenters. The average molecular weight is 336 g/mol. The van der Waals surface area contributed by atoms with E-state index in [1.165, 1.54) is 11.8 Å². The van der Waals surface area contributed by atoms with Gasteiger partial charge in [0.1, 0.15) is 6.61 Å². The number of carbonyl (C=O) groups is 2. The fraction of sp³-hybridized carbons (Fsp3) is 0.600. The molecule has 8 heteroatoms. The maximum Gasteiger partial charge on any atom is 0.410 e. The third-order valence-electron chi connectivity index (χ3n) is 4.21. The zero-order chi connectivity index (χ0) is 16.2. The van der Waals surface area contributed by atoms with Gasteiger partial charge >= 0.3 is 6.09 Å². The third-order valence-corrected chi connectivity index (χ3v) is 5.07. The van der Waals surface area contributed by atoms with Crippen molar-refractivity contribution in [1.82, 2.24) is 19.8 Å². The van der Waals surface area contributed by atoms with E-state index in [0.717, 1.165) is 12.8 Å². The SMILES string of the molecule is CC1COC(=O)N1C1CCN(C(=O)CSc2ncccn2)CC1. The van der Waals surface area contributed by atoms with Crippen LogP contribution in [0.25, 0.3) is 0 Å². The molecule has 0 bridgehead atoms. The molecule has 2 aliphatic rings.